The Balaban J connectivity index is 1.45. The molecule has 0 aliphatic rings. The molecular formula is C22H21N3O. The molecule has 1 aromatic heterocycles. The van der Waals surface area contributed by atoms with Crippen LogP contribution in [0.1, 0.15) is 17.0 Å². The number of fused-ring (bicyclic) bond motifs is 1. The number of nitrogens with zero attached hydrogens (tertiary/aromatic N) is 3. The third kappa shape index (κ3) is 3.65. The molecule has 0 radical (unpaired) electrons. The topological polar surface area (TPSA) is 42.2 Å². The van der Waals surface area contributed by atoms with E-state index < -0.39 is 0 Å². The van der Waals surface area contributed by atoms with E-state index in [4.69, 9.17) is 4.42 Å². The highest BCUT2D eigenvalue weighted by molar-refractivity contribution is 5.82. The van der Waals surface area contributed by atoms with Crippen molar-refractivity contribution in [3.8, 4) is 11.5 Å². The van der Waals surface area contributed by atoms with Crippen LogP contribution in [0.3, 0.4) is 0 Å². The first-order valence-electron chi connectivity index (χ1n) is 8.73. The van der Waals surface area contributed by atoms with E-state index in [2.05, 4.69) is 83.7 Å². The molecule has 0 saturated carbocycles. The van der Waals surface area contributed by atoms with E-state index in [1.54, 1.807) is 0 Å². The Morgan fingerprint density at radius 3 is 2.54 bits per heavy atom. The first kappa shape index (κ1) is 16.5. The number of benzene rings is 3. The average Bonchev–Trinajstić information content (AvgIpc) is 3.10. The van der Waals surface area contributed by atoms with Gasteiger partial charge in [0.05, 0.1) is 6.54 Å². The fraction of sp³-hybridized carbons (Fsp3) is 0.182. The maximum Gasteiger partial charge on any atom is 0.247 e. The molecule has 0 saturated heterocycles. The van der Waals surface area contributed by atoms with Crippen molar-refractivity contribution in [3.63, 3.8) is 0 Å². The average molecular weight is 343 g/mol. The molecule has 4 nitrogen and oxygen atoms in total. The van der Waals surface area contributed by atoms with Crippen LogP contribution in [0.15, 0.2) is 71.1 Å². The van der Waals surface area contributed by atoms with E-state index >= 15 is 0 Å². The van der Waals surface area contributed by atoms with Crippen molar-refractivity contribution in [2.24, 2.45) is 0 Å². The molecule has 0 aliphatic carbocycles. The molecule has 4 rings (SSSR count). The normalized spacial score (nSPS) is 11.3. The van der Waals surface area contributed by atoms with Crippen LogP contribution in [0.2, 0.25) is 0 Å². The first-order valence-corrected chi connectivity index (χ1v) is 8.73. The predicted molar refractivity (Wildman–Crippen MR) is 104 cm³/mol. The molecule has 0 bridgehead atoms. The minimum atomic E-state index is 0.572. The Bertz CT molecular complexity index is 1040. The molecule has 26 heavy (non-hydrogen) atoms. The standard InChI is InChI=1S/C22H21N3O/c1-16-6-5-9-20(12-16)22-24-23-21(26-22)15-25(2)14-17-10-11-18-7-3-4-8-19(18)13-17/h3-13H,14-15H2,1-2H3. The summed E-state index contributed by atoms with van der Waals surface area (Å²) in [6.45, 7) is 3.50. The third-order valence-electron chi connectivity index (χ3n) is 4.40. The Kier molecular flexibility index (Phi) is 4.50. The SMILES string of the molecule is Cc1cccc(-c2nnc(CN(C)Cc3ccc4ccccc4c3)o2)c1. The monoisotopic (exact) mass is 343 g/mol. The van der Waals surface area contributed by atoms with E-state index in [0.717, 1.165) is 12.1 Å². The molecule has 130 valence electrons. The molecule has 0 atom stereocenters. The van der Waals surface area contributed by atoms with Crippen molar-refractivity contribution in [2.45, 2.75) is 20.0 Å². The van der Waals surface area contributed by atoms with E-state index in [0.29, 0.717) is 18.3 Å². The summed E-state index contributed by atoms with van der Waals surface area (Å²) in [4.78, 5) is 2.18. The van der Waals surface area contributed by atoms with Gasteiger partial charge in [0.2, 0.25) is 11.8 Å². The summed E-state index contributed by atoms with van der Waals surface area (Å²) in [5.74, 6) is 1.20. The van der Waals surface area contributed by atoms with Gasteiger partial charge >= 0.3 is 0 Å². The van der Waals surface area contributed by atoms with Crippen molar-refractivity contribution in [1.29, 1.82) is 0 Å². The lowest BCUT2D eigenvalue weighted by atomic mass is 10.1. The van der Waals surface area contributed by atoms with Crippen molar-refractivity contribution in [3.05, 3.63) is 83.7 Å². The second-order valence-electron chi connectivity index (χ2n) is 6.72. The van der Waals surface area contributed by atoms with Crippen molar-refractivity contribution in [2.75, 3.05) is 7.05 Å². The Morgan fingerprint density at radius 2 is 1.69 bits per heavy atom. The van der Waals surface area contributed by atoms with Gasteiger partial charge in [-0.1, -0.05) is 54.1 Å². The summed E-state index contributed by atoms with van der Waals surface area (Å²) < 4.78 is 5.84. The van der Waals surface area contributed by atoms with Gasteiger partial charge in [0, 0.05) is 12.1 Å². The molecule has 0 amide bonds. The van der Waals surface area contributed by atoms with Gasteiger partial charge in [-0.2, -0.15) is 0 Å². The Morgan fingerprint density at radius 1 is 0.846 bits per heavy atom. The Labute approximate surface area is 153 Å². The smallest absolute Gasteiger partial charge is 0.247 e. The highest BCUT2D eigenvalue weighted by Crippen LogP contribution is 2.20. The van der Waals surface area contributed by atoms with Crippen LogP contribution in [0.25, 0.3) is 22.2 Å². The molecule has 4 aromatic rings. The van der Waals surface area contributed by atoms with Crippen LogP contribution in [-0.4, -0.2) is 22.1 Å². The summed E-state index contributed by atoms with van der Waals surface area (Å²) in [7, 11) is 2.06. The van der Waals surface area contributed by atoms with E-state index in [-0.39, 0.29) is 0 Å². The van der Waals surface area contributed by atoms with Crippen molar-refractivity contribution >= 4 is 10.8 Å². The molecule has 0 fully saturated rings. The summed E-state index contributed by atoms with van der Waals surface area (Å²) in [5.41, 5.74) is 3.40. The number of aryl methyl sites for hydroxylation is 1. The lowest BCUT2D eigenvalue weighted by Gasteiger charge is -2.14. The molecular weight excluding hydrogens is 322 g/mol. The van der Waals surface area contributed by atoms with Gasteiger partial charge in [0.15, 0.2) is 0 Å². The van der Waals surface area contributed by atoms with Crippen LogP contribution in [-0.2, 0) is 13.1 Å². The molecule has 0 aliphatic heterocycles. The molecule has 0 spiro atoms. The van der Waals surface area contributed by atoms with Gasteiger partial charge in [-0.25, -0.2) is 0 Å². The number of rotatable bonds is 5. The van der Waals surface area contributed by atoms with Crippen molar-refractivity contribution < 1.29 is 4.42 Å². The second kappa shape index (κ2) is 7.10. The quantitative estimate of drug-likeness (QED) is 0.520. The number of aromatic nitrogens is 2. The first-order chi connectivity index (χ1) is 12.7. The largest absolute Gasteiger partial charge is 0.419 e. The van der Waals surface area contributed by atoms with E-state index in [1.807, 2.05) is 12.1 Å². The fourth-order valence-electron chi connectivity index (χ4n) is 3.15. The number of hydrogen-bond donors (Lipinski definition) is 0. The van der Waals surface area contributed by atoms with Gasteiger partial charge < -0.3 is 4.42 Å². The van der Waals surface area contributed by atoms with E-state index in [1.165, 1.54) is 21.9 Å². The Hall–Kier alpha value is -2.98. The zero-order chi connectivity index (χ0) is 17.9. The highest BCUT2D eigenvalue weighted by Gasteiger charge is 2.11. The minimum absolute atomic E-state index is 0.572. The van der Waals surface area contributed by atoms with Gasteiger partial charge in [-0.15, -0.1) is 10.2 Å². The molecule has 4 heteroatoms. The summed E-state index contributed by atoms with van der Waals surface area (Å²) in [6, 6.07) is 23.1. The maximum absolute atomic E-state index is 5.84. The summed E-state index contributed by atoms with van der Waals surface area (Å²) in [6.07, 6.45) is 0. The molecule has 0 unspecified atom stereocenters. The number of hydrogen-bond acceptors (Lipinski definition) is 4. The fourth-order valence-corrected chi connectivity index (χ4v) is 3.15. The van der Waals surface area contributed by atoms with Crippen LogP contribution >= 0.6 is 0 Å². The minimum Gasteiger partial charge on any atom is -0.419 e. The molecule has 0 N–H and O–H groups in total. The van der Waals surface area contributed by atoms with Gasteiger partial charge in [-0.05, 0) is 48.5 Å². The maximum atomic E-state index is 5.84. The lowest BCUT2D eigenvalue weighted by Crippen LogP contribution is -2.17. The van der Waals surface area contributed by atoms with Crippen molar-refractivity contribution in [1.82, 2.24) is 15.1 Å². The van der Waals surface area contributed by atoms with Crippen LogP contribution in [0.5, 0.6) is 0 Å². The molecule has 1 heterocycles. The lowest BCUT2D eigenvalue weighted by molar-refractivity contribution is 0.283. The third-order valence-corrected chi connectivity index (χ3v) is 4.40. The van der Waals surface area contributed by atoms with Crippen LogP contribution in [0, 0.1) is 6.92 Å². The molecule has 3 aromatic carbocycles. The van der Waals surface area contributed by atoms with Gasteiger partial charge in [-0.3, -0.25) is 4.90 Å². The van der Waals surface area contributed by atoms with Crippen LogP contribution in [0.4, 0.5) is 0 Å². The zero-order valence-corrected chi connectivity index (χ0v) is 15.0. The van der Waals surface area contributed by atoms with Crippen LogP contribution < -0.4 is 0 Å². The van der Waals surface area contributed by atoms with E-state index in [9.17, 15) is 0 Å². The summed E-state index contributed by atoms with van der Waals surface area (Å²) in [5, 5.41) is 10.9. The van der Waals surface area contributed by atoms with Gasteiger partial charge in [0.25, 0.3) is 0 Å². The zero-order valence-electron chi connectivity index (χ0n) is 15.0. The highest BCUT2D eigenvalue weighted by atomic mass is 16.4. The second-order valence-corrected chi connectivity index (χ2v) is 6.72. The predicted octanol–water partition coefficient (Wildman–Crippen LogP) is 4.83. The van der Waals surface area contributed by atoms with Gasteiger partial charge in [0.1, 0.15) is 0 Å². The summed E-state index contributed by atoms with van der Waals surface area (Å²) >= 11 is 0.